The second kappa shape index (κ2) is 6.80. The fraction of sp³-hybridized carbons (Fsp3) is 0.136. The van der Waals surface area contributed by atoms with Gasteiger partial charge in [-0.05, 0) is 67.8 Å². The zero-order chi connectivity index (χ0) is 19.9. The monoisotopic (exact) mass is 391 g/mol. The molecule has 4 aromatic rings. The largest absolute Gasteiger partial charge is 0.306 e. The molecule has 0 radical (unpaired) electrons. The van der Waals surface area contributed by atoms with Crippen LogP contribution in [0.3, 0.4) is 0 Å². The number of sulfonamides is 1. The normalized spacial score (nSPS) is 11.7. The highest BCUT2D eigenvalue weighted by atomic mass is 32.2. The second-order valence-corrected chi connectivity index (χ2v) is 8.66. The Morgan fingerprint density at radius 1 is 0.893 bits per heavy atom. The fourth-order valence-corrected chi connectivity index (χ4v) is 4.26. The Hall–Kier alpha value is -3.12. The molecule has 0 bridgehead atoms. The van der Waals surface area contributed by atoms with Crippen LogP contribution < -0.4 is 4.72 Å². The molecule has 0 unspecified atom stereocenters. The molecule has 5 nitrogen and oxygen atoms in total. The first-order valence-electron chi connectivity index (χ1n) is 8.98. The predicted octanol–water partition coefficient (Wildman–Crippen LogP) is 4.73. The quantitative estimate of drug-likeness (QED) is 0.547. The lowest BCUT2D eigenvalue weighted by Gasteiger charge is -2.13. The maximum absolute atomic E-state index is 12.9. The van der Waals surface area contributed by atoms with Crippen LogP contribution in [0.25, 0.3) is 16.9 Å². The van der Waals surface area contributed by atoms with E-state index >= 15 is 0 Å². The van der Waals surface area contributed by atoms with Crippen LogP contribution in [0.1, 0.15) is 16.7 Å². The summed E-state index contributed by atoms with van der Waals surface area (Å²) in [5.74, 6) is 0. The van der Waals surface area contributed by atoms with Gasteiger partial charge in [-0.3, -0.25) is 4.72 Å². The first kappa shape index (κ1) is 18.3. The molecule has 28 heavy (non-hydrogen) atoms. The molecule has 0 aliphatic carbocycles. The number of benzene rings is 2. The Balaban J connectivity index is 1.71. The lowest BCUT2D eigenvalue weighted by molar-refractivity contribution is 0.601. The van der Waals surface area contributed by atoms with Crippen molar-refractivity contribution in [2.75, 3.05) is 4.72 Å². The van der Waals surface area contributed by atoms with Crippen LogP contribution in [-0.4, -0.2) is 17.8 Å². The minimum Gasteiger partial charge on any atom is -0.306 e. The average molecular weight is 391 g/mol. The molecule has 142 valence electrons. The smallest absolute Gasteiger partial charge is 0.261 e. The van der Waals surface area contributed by atoms with Crippen molar-refractivity contribution >= 4 is 21.4 Å². The van der Waals surface area contributed by atoms with Gasteiger partial charge in [-0.1, -0.05) is 24.3 Å². The maximum Gasteiger partial charge on any atom is 0.261 e. The third-order valence-electron chi connectivity index (χ3n) is 4.93. The molecule has 0 spiro atoms. The standard InChI is InChI=1S/C22H21N3O2S/c1-15-8-10-19(12-17(15)3)28(26,27)24-20-13-18(9-7-16(20)2)21-14-25-11-5-4-6-22(25)23-21/h4-14,24H,1-3H3. The summed E-state index contributed by atoms with van der Waals surface area (Å²) >= 11 is 0. The number of nitrogens with zero attached hydrogens (tertiary/aromatic N) is 2. The van der Waals surface area contributed by atoms with E-state index in [1.165, 1.54) is 0 Å². The van der Waals surface area contributed by atoms with Crippen molar-refractivity contribution in [2.45, 2.75) is 25.7 Å². The van der Waals surface area contributed by atoms with Gasteiger partial charge in [0.25, 0.3) is 10.0 Å². The van der Waals surface area contributed by atoms with Crippen LogP contribution in [0.4, 0.5) is 5.69 Å². The predicted molar refractivity (Wildman–Crippen MR) is 112 cm³/mol. The van der Waals surface area contributed by atoms with Gasteiger partial charge in [0.1, 0.15) is 5.65 Å². The van der Waals surface area contributed by atoms with Gasteiger partial charge in [0.2, 0.25) is 0 Å². The van der Waals surface area contributed by atoms with Gasteiger partial charge >= 0.3 is 0 Å². The first-order chi connectivity index (χ1) is 13.3. The number of imidazole rings is 1. The number of fused-ring (bicyclic) bond motifs is 1. The third kappa shape index (κ3) is 3.39. The minimum absolute atomic E-state index is 0.258. The molecule has 6 heteroatoms. The molecular formula is C22H21N3O2S. The molecule has 2 aromatic carbocycles. The molecule has 0 saturated carbocycles. The molecule has 0 atom stereocenters. The number of hydrogen-bond acceptors (Lipinski definition) is 3. The summed E-state index contributed by atoms with van der Waals surface area (Å²) < 4.78 is 30.4. The molecule has 0 saturated heterocycles. The number of nitrogens with one attached hydrogen (secondary N) is 1. The van der Waals surface area contributed by atoms with E-state index in [4.69, 9.17) is 0 Å². The maximum atomic E-state index is 12.9. The highest BCUT2D eigenvalue weighted by Crippen LogP contribution is 2.27. The summed E-state index contributed by atoms with van der Waals surface area (Å²) in [7, 11) is -3.67. The fourth-order valence-electron chi connectivity index (χ4n) is 3.05. The Morgan fingerprint density at radius 3 is 2.43 bits per heavy atom. The van der Waals surface area contributed by atoms with Crippen molar-refractivity contribution < 1.29 is 8.42 Å². The highest BCUT2D eigenvalue weighted by molar-refractivity contribution is 7.92. The van der Waals surface area contributed by atoms with E-state index < -0.39 is 10.0 Å². The summed E-state index contributed by atoms with van der Waals surface area (Å²) in [6, 6.07) is 16.6. The van der Waals surface area contributed by atoms with Crippen molar-refractivity contribution in [3.05, 3.63) is 83.7 Å². The van der Waals surface area contributed by atoms with Crippen LogP contribution >= 0.6 is 0 Å². The number of hydrogen-bond donors (Lipinski definition) is 1. The van der Waals surface area contributed by atoms with E-state index in [1.807, 2.05) is 80.0 Å². The van der Waals surface area contributed by atoms with Gasteiger partial charge in [-0.25, -0.2) is 13.4 Å². The lowest BCUT2D eigenvalue weighted by Crippen LogP contribution is -2.14. The molecule has 2 aromatic heterocycles. The van der Waals surface area contributed by atoms with Gasteiger partial charge in [0, 0.05) is 18.0 Å². The Bertz CT molecular complexity index is 1260. The van der Waals surface area contributed by atoms with Gasteiger partial charge in [-0.2, -0.15) is 0 Å². The number of anilines is 1. The summed E-state index contributed by atoms with van der Waals surface area (Å²) in [6.07, 6.45) is 3.87. The van der Waals surface area contributed by atoms with Crippen molar-refractivity contribution in [3.63, 3.8) is 0 Å². The van der Waals surface area contributed by atoms with Crippen molar-refractivity contribution in [1.82, 2.24) is 9.38 Å². The van der Waals surface area contributed by atoms with Crippen molar-refractivity contribution in [2.24, 2.45) is 0 Å². The van der Waals surface area contributed by atoms with Crippen LogP contribution in [0.5, 0.6) is 0 Å². The lowest BCUT2D eigenvalue weighted by atomic mass is 10.1. The Morgan fingerprint density at radius 2 is 1.68 bits per heavy atom. The molecule has 0 aliphatic rings. The summed E-state index contributed by atoms with van der Waals surface area (Å²) in [5.41, 5.74) is 5.88. The topological polar surface area (TPSA) is 63.5 Å². The third-order valence-corrected chi connectivity index (χ3v) is 6.29. The van der Waals surface area contributed by atoms with E-state index in [9.17, 15) is 8.42 Å². The number of rotatable bonds is 4. The number of aryl methyl sites for hydroxylation is 3. The minimum atomic E-state index is -3.67. The first-order valence-corrected chi connectivity index (χ1v) is 10.5. The van der Waals surface area contributed by atoms with Crippen LogP contribution in [0.2, 0.25) is 0 Å². The van der Waals surface area contributed by atoms with E-state index in [2.05, 4.69) is 9.71 Å². The SMILES string of the molecule is Cc1ccc(S(=O)(=O)Nc2cc(-c3cn4ccccc4n3)ccc2C)cc1C. The van der Waals surface area contributed by atoms with Gasteiger partial charge in [0.05, 0.1) is 16.3 Å². The van der Waals surface area contributed by atoms with Gasteiger partial charge in [0.15, 0.2) is 0 Å². The summed E-state index contributed by atoms with van der Waals surface area (Å²) in [4.78, 5) is 4.87. The van der Waals surface area contributed by atoms with Crippen molar-refractivity contribution in [1.29, 1.82) is 0 Å². The Kier molecular flexibility index (Phi) is 4.43. The zero-order valence-corrected chi connectivity index (χ0v) is 16.8. The van der Waals surface area contributed by atoms with E-state index in [1.54, 1.807) is 12.1 Å². The summed E-state index contributed by atoms with van der Waals surface area (Å²) in [6.45, 7) is 5.75. The molecule has 0 aliphatic heterocycles. The molecule has 0 fully saturated rings. The average Bonchev–Trinajstić information content (AvgIpc) is 3.09. The van der Waals surface area contributed by atoms with Crippen LogP contribution in [-0.2, 0) is 10.0 Å². The van der Waals surface area contributed by atoms with Crippen LogP contribution in [0.15, 0.2) is 71.9 Å². The van der Waals surface area contributed by atoms with Gasteiger partial charge in [-0.15, -0.1) is 0 Å². The summed E-state index contributed by atoms with van der Waals surface area (Å²) in [5, 5.41) is 0. The Labute approximate surface area is 164 Å². The van der Waals surface area contributed by atoms with E-state index in [-0.39, 0.29) is 4.90 Å². The van der Waals surface area contributed by atoms with E-state index in [0.717, 1.165) is 33.6 Å². The molecule has 1 N–H and O–H groups in total. The number of aromatic nitrogens is 2. The molecular weight excluding hydrogens is 370 g/mol. The number of pyridine rings is 1. The molecule has 0 amide bonds. The molecule has 4 rings (SSSR count). The molecule has 2 heterocycles. The zero-order valence-electron chi connectivity index (χ0n) is 16.0. The van der Waals surface area contributed by atoms with Gasteiger partial charge < -0.3 is 4.40 Å². The van der Waals surface area contributed by atoms with Crippen LogP contribution in [0, 0.1) is 20.8 Å². The second-order valence-electron chi connectivity index (χ2n) is 6.97. The van der Waals surface area contributed by atoms with Crippen molar-refractivity contribution in [3.8, 4) is 11.3 Å². The highest BCUT2D eigenvalue weighted by Gasteiger charge is 2.17. The van der Waals surface area contributed by atoms with E-state index in [0.29, 0.717) is 5.69 Å².